The lowest BCUT2D eigenvalue weighted by molar-refractivity contribution is -0.384. The monoisotopic (exact) mass is 554 g/mol. The van der Waals surface area contributed by atoms with E-state index in [1.54, 1.807) is 56.3 Å². The van der Waals surface area contributed by atoms with E-state index in [1.165, 1.54) is 48.4 Å². The van der Waals surface area contributed by atoms with Crippen molar-refractivity contribution in [3.05, 3.63) is 94.5 Å². The molecule has 12 heteroatoms. The third kappa shape index (κ3) is 7.11. The predicted octanol–water partition coefficient (Wildman–Crippen LogP) is 3.35. The van der Waals surface area contributed by atoms with Gasteiger partial charge >= 0.3 is 0 Å². The minimum atomic E-state index is -4.25. The highest BCUT2D eigenvalue weighted by molar-refractivity contribution is 7.92. The molecule has 0 aromatic heterocycles. The number of amides is 2. The van der Waals surface area contributed by atoms with Gasteiger partial charge in [-0.2, -0.15) is 0 Å². The van der Waals surface area contributed by atoms with E-state index in [4.69, 9.17) is 4.74 Å². The Hall–Kier alpha value is -4.45. The van der Waals surface area contributed by atoms with Gasteiger partial charge in [-0.15, -0.1) is 0 Å². The summed E-state index contributed by atoms with van der Waals surface area (Å²) in [4.78, 5) is 38.3. The minimum absolute atomic E-state index is 0.0284. The van der Waals surface area contributed by atoms with Crippen LogP contribution in [0.2, 0.25) is 0 Å². The summed E-state index contributed by atoms with van der Waals surface area (Å²) in [6, 6.07) is 18.4. The lowest BCUT2D eigenvalue weighted by Crippen LogP contribution is -2.51. The summed E-state index contributed by atoms with van der Waals surface area (Å²) in [5, 5.41) is 13.8. The predicted molar refractivity (Wildman–Crippen MR) is 146 cm³/mol. The molecular formula is C27H30N4O7S. The van der Waals surface area contributed by atoms with Crippen LogP contribution in [0.1, 0.15) is 19.4 Å². The van der Waals surface area contributed by atoms with Crippen LogP contribution in [0.3, 0.4) is 0 Å². The van der Waals surface area contributed by atoms with E-state index in [-0.39, 0.29) is 22.8 Å². The van der Waals surface area contributed by atoms with Crippen LogP contribution < -0.4 is 14.4 Å². The number of benzene rings is 3. The van der Waals surface area contributed by atoms with Crippen molar-refractivity contribution >= 4 is 33.2 Å². The Morgan fingerprint density at radius 3 is 2.15 bits per heavy atom. The Morgan fingerprint density at radius 1 is 1.00 bits per heavy atom. The molecule has 3 rings (SSSR count). The van der Waals surface area contributed by atoms with E-state index in [0.29, 0.717) is 17.9 Å². The third-order valence-corrected chi connectivity index (χ3v) is 7.78. The molecule has 0 fully saturated rings. The molecule has 1 N–H and O–H groups in total. The molecule has 39 heavy (non-hydrogen) atoms. The van der Waals surface area contributed by atoms with Crippen molar-refractivity contribution in [3.63, 3.8) is 0 Å². The molecule has 2 amide bonds. The number of nitrogens with zero attached hydrogens (tertiary/aromatic N) is 3. The fraction of sp³-hybridized carbons (Fsp3) is 0.259. The molecule has 0 aliphatic carbocycles. The van der Waals surface area contributed by atoms with E-state index in [0.717, 1.165) is 4.31 Å². The van der Waals surface area contributed by atoms with Gasteiger partial charge in [0.15, 0.2) is 0 Å². The van der Waals surface area contributed by atoms with Crippen molar-refractivity contribution in [1.29, 1.82) is 0 Å². The van der Waals surface area contributed by atoms with E-state index in [1.807, 2.05) is 0 Å². The topological polar surface area (TPSA) is 139 Å². The van der Waals surface area contributed by atoms with Crippen LogP contribution in [-0.2, 0) is 26.2 Å². The third-order valence-electron chi connectivity index (χ3n) is 5.99. The molecule has 1 atom stereocenters. The molecule has 0 saturated heterocycles. The van der Waals surface area contributed by atoms with E-state index in [9.17, 15) is 28.1 Å². The maximum atomic E-state index is 13.8. The van der Waals surface area contributed by atoms with Gasteiger partial charge in [-0.25, -0.2) is 8.42 Å². The number of carbonyl (C=O) groups excluding carboxylic acids is 2. The van der Waals surface area contributed by atoms with E-state index >= 15 is 0 Å². The SMILES string of the molecule is CCNC(=O)[C@@H](C)N(Cc1ccc(OC)cc1)C(=O)CN(c1ccc([N+](=O)[O-])cc1)S(=O)(=O)c1ccccc1. The Bertz CT molecular complexity index is 1400. The number of anilines is 1. The average Bonchev–Trinajstić information content (AvgIpc) is 2.95. The number of likely N-dealkylation sites (N-methyl/N-ethyl adjacent to an activating group) is 1. The minimum Gasteiger partial charge on any atom is -0.497 e. The number of nitro benzene ring substituents is 1. The van der Waals surface area contributed by atoms with Crippen molar-refractivity contribution in [2.45, 2.75) is 31.3 Å². The molecule has 3 aromatic rings. The Balaban J connectivity index is 2.02. The smallest absolute Gasteiger partial charge is 0.269 e. The number of nitrogens with one attached hydrogen (secondary N) is 1. The summed E-state index contributed by atoms with van der Waals surface area (Å²) in [6.07, 6.45) is 0. The molecule has 0 aliphatic heterocycles. The summed E-state index contributed by atoms with van der Waals surface area (Å²) in [5.74, 6) is -0.415. The van der Waals surface area contributed by atoms with Gasteiger partial charge in [0, 0.05) is 25.2 Å². The Morgan fingerprint density at radius 2 is 1.62 bits per heavy atom. The summed E-state index contributed by atoms with van der Waals surface area (Å²) >= 11 is 0. The number of nitro groups is 1. The number of carbonyl (C=O) groups is 2. The van der Waals surface area contributed by atoms with Crippen LogP contribution in [-0.4, -0.2) is 56.3 Å². The fourth-order valence-corrected chi connectivity index (χ4v) is 5.26. The second kappa shape index (κ2) is 12.9. The van der Waals surface area contributed by atoms with E-state index < -0.39 is 39.3 Å². The molecule has 0 radical (unpaired) electrons. The first-order valence-corrected chi connectivity index (χ1v) is 13.5. The van der Waals surface area contributed by atoms with E-state index in [2.05, 4.69) is 5.32 Å². The zero-order chi connectivity index (χ0) is 28.6. The molecule has 0 unspecified atom stereocenters. The van der Waals surface area contributed by atoms with Crippen LogP contribution in [0.15, 0.2) is 83.8 Å². The van der Waals surface area contributed by atoms with Crippen molar-refractivity contribution in [1.82, 2.24) is 10.2 Å². The Kier molecular flexibility index (Phi) is 9.61. The summed E-state index contributed by atoms with van der Waals surface area (Å²) in [6.45, 7) is 3.05. The summed E-state index contributed by atoms with van der Waals surface area (Å²) in [5.41, 5.74) is 0.536. The molecule has 3 aromatic carbocycles. The summed E-state index contributed by atoms with van der Waals surface area (Å²) < 4.78 is 33.4. The second-order valence-electron chi connectivity index (χ2n) is 8.54. The first-order chi connectivity index (χ1) is 18.6. The maximum Gasteiger partial charge on any atom is 0.269 e. The molecule has 0 saturated carbocycles. The zero-order valence-electron chi connectivity index (χ0n) is 21.8. The normalized spacial score (nSPS) is 11.8. The number of sulfonamides is 1. The number of hydrogen-bond acceptors (Lipinski definition) is 7. The number of rotatable bonds is 12. The van der Waals surface area contributed by atoms with Gasteiger partial charge in [-0.3, -0.25) is 24.0 Å². The lowest BCUT2D eigenvalue weighted by Gasteiger charge is -2.32. The quantitative estimate of drug-likeness (QED) is 0.268. The average molecular weight is 555 g/mol. The van der Waals surface area contributed by atoms with Gasteiger partial charge in [0.1, 0.15) is 18.3 Å². The van der Waals surface area contributed by atoms with Crippen molar-refractivity contribution in [3.8, 4) is 5.75 Å². The standard InChI is InChI=1S/C27H30N4O7S/c1-4-28-27(33)20(2)29(18-21-10-16-24(38-3)17-11-21)26(32)19-30(22-12-14-23(15-13-22)31(34)35)39(36,37)25-8-6-5-7-9-25/h5-17,20H,4,18-19H2,1-3H3,(H,28,33)/t20-/m1/s1. The molecule has 11 nitrogen and oxygen atoms in total. The van der Waals surface area contributed by atoms with Crippen LogP contribution in [0, 0.1) is 10.1 Å². The van der Waals surface area contributed by atoms with Gasteiger partial charge in [0.05, 0.1) is 22.6 Å². The molecule has 0 spiro atoms. The molecular weight excluding hydrogens is 524 g/mol. The number of methoxy groups -OCH3 is 1. The van der Waals surface area contributed by atoms with Gasteiger partial charge in [0.2, 0.25) is 11.8 Å². The van der Waals surface area contributed by atoms with Crippen molar-refractivity contribution < 1.29 is 27.7 Å². The number of ether oxygens (including phenoxy) is 1. The Labute approximate surface area is 227 Å². The van der Waals surface area contributed by atoms with Crippen LogP contribution in [0.4, 0.5) is 11.4 Å². The first kappa shape index (κ1) is 29.1. The van der Waals surface area contributed by atoms with Crippen molar-refractivity contribution in [2.75, 3.05) is 24.5 Å². The molecule has 0 heterocycles. The second-order valence-corrected chi connectivity index (χ2v) is 10.4. The largest absolute Gasteiger partial charge is 0.497 e. The fourth-order valence-electron chi connectivity index (χ4n) is 3.82. The highest BCUT2D eigenvalue weighted by Gasteiger charge is 2.32. The highest BCUT2D eigenvalue weighted by atomic mass is 32.2. The number of hydrogen-bond donors (Lipinski definition) is 1. The maximum absolute atomic E-state index is 13.8. The zero-order valence-corrected chi connectivity index (χ0v) is 22.6. The highest BCUT2D eigenvalue weighted by Crippen LogP contribution is 2.26. The van der Waals surface area contributed by atoms with Crippen molar-refractivity contribution in [2.24, 2.45) is 0 Å². The molecule has 0 aliphatic rings. The van der Waals surface area contributed by atoms with Gasteiger partial charge in [-0.1, -0.05) is 30.3 Å². The van der Waals surface area contributed by atoms with Gasteiger partial charge < -0.3 is 15.0 Å². The van der Waals surface area contributed by atoms with Crippen LogP contribution in [0.25, 0.3) is 0 Å². The first-order valence-electron chi connectivity index (χ1n) is 12.1. The molecule has 206 valence electrons. The lowest BCUT2D eigenvalue weighted by atomic mass is 10.1. The van der Waals surface area contributed by atoms with Gasteiger partial charge in [-0.05, 0) is 55.8 Å². The molecule has 0 bridgehead atoms. The van der Waals surface area contributed by atoms with Gasteiger partial charge in [0.25, 0.3) is 15.7 Å². The van der Waals surface area contributed by atoms with Crippen LogP contribution in [0.5, 0.6) is 5.75 Å². The summed E-state index contributed by atoms with van der Waals surface area (Å²) in [7, 11) is -2.73. The number of non-ortho nitro benzene ring substituents is 1. The van der Waals surface area contributed by atoms with Crippen LogP contribution >= 0.6 is 0 Å².